The van der Waals surface area contributed by atoms with Gasteiger partial charge in [-0.1, -0.05) is 18.6 Å². The molecule has 1 atom stereocenters. The fourth-order valence-electron chi connectivity index (χ4n) is 3.67. The molecule has 1 aliphatic rings. The summed E-state index contributed by atoms with van der Waals surface area (Å²) in [7, 11) is 0. The monoisotopic (exact) mass is 383 g/mol. The number of hydrogen-bond donors (Lipinski definition) is 2. The third-order valence-electron chi connectivity index (χ3n) is 4.72. The summed E-state index contributed by atoms with van der Waals surface area (Å²) in [6.45, 7) is 15.4. The van der Waals surface area contributed by atoms with Crippen LogP contribution in [0.3, 0.4) is 0 Å². The molecule has 0 aliphatic carbocycles. The lowest BCUT2D eigenvalue weighted by Gasteiger charge is -2.51. The van der Waals surface area contributed by atoms with E-state index in [1.54, 1.807) is 6.08 Å². The Morgan fingerprint density at radius 1 is 1.26 bits per heavy atom. The number of ketones is 1. The normalized spacial score (nSPS) is 20.7. The van der Waals surface area contributed by atoms with Gasteiger partial charge in [0, 0.05) is 17.5 Å². The number of hydrogen-bond acceptors (Lipinski definition) is 5. The molecule has 0 spiro atoms. The van der Waals surface area contributed by atoms with Crippen LogP contribution in [-0.4, -0.2) is 51.1 Å². The predicted molar refractivity (Wildman–Crippen MR) is 111 cm³/mol. The quantitative estimate of drug-likeness (QED) is 0.344. The predicted octanol–water partition coefficient (Wildman–Crippen LogP) is 4.67. The van der Waals surface area contributed by atoms with Crippen LogP contribution in [0.25, 0.3) is 0 Å². The van der Waals surface area contributed by atoms with Crippen molar-refractivity contribution >= 4 is 5.78 Å². The highest BCUT2D eigenvalue weighted by Gasteiger charge is 2.45. The number of rotatable bonds is 9. The van der Waals surface area contributed by atoms with E-state index in [-0.39, 0.29) is 35.7 Å². The Morgan fingerprint density at radius 3 is 2.26 bits per heavy atom. The number of piperidine rings is 1. The van der Waals surface area contributed by atoms with E-state index in [0.717, 1.165) is 32.1 Å². The summed E-state index contributed by atoms with van der Waals surface area (Å²) in [5.74, 6) is 0.0661. The molecule has 1 rings (SSSR count). The van der Waals surface area contributed by atoms with Gasteiger partial charge < -0.3 is 15.1 Å². The van der Waals surface area contributed by atoms with E-state index in [4.69, 9.17) is 9.84 Å². The van der Waals surface area contributed by atoms with Crippen molar-refractivity contribution in [2.75, 3.05) is 6.61 Å². The maximum absolute atomic E-state index is 11.5. The van der Waals surface area contributed by atoms with E-state index >= 15 is 0 Å². The lowest BCUT2D eigenvalue weighted by atomic mass is 9.80. The Kier molecular flexibility index (Phi) is 12.0. The van der Waals surface area contributed by atoms with Gasteiger partial charge in [-0.3, -0.25) is 4.79 Å². The number of hydroxylamine groups is 2. The van der Waals surface area contributed by atoms with Crippen LogP contribution >= 0.6 is 0 Å². The van der Waals surface area contributed by atoms with Crippen LogP contribution in [-0.2, 0) is 9.53 Å². The second kappa shape index (κ2) is 12.4. The summed E-state index contributed by atoms with van der Waals surface area (Å²) in [5.41, 5.74) is -0.588. The SMILES string of the molecule is C=CC.CC(CCCCC(=O)/C=C/CO)OC1CC(C)(C)N(O)C(C)(C)C1. The Balaban J connectivity index is 0.00000210. The molecule has 2 N–H and O–H groups in total. The maximum Gasteiger partial charge on any atom is 0.155 e. The molecule has 1 saturated heterocycles. The minimum Gasteiger partial charge on any atom is -0.392 e. The highest BCUT2D eigenvalue weighted by Crippen LogP contribution is 2.38. The Bertz CT molecular complexity index is 453. The number of nitrogens with zero attached hydrogens (tertiary/aromatic N) is 1. The topological polar surface area (TPSA) is 70.0 Å². The molecule has 0 aromatic rings. The summed E-state index contributed by atoms with van der Waals surface area (Å²) in [6.07, 6.45) is 9.82. The number of ether oxygens (including phenoxy) is 1. The van der Waals surface area contributed by atoms with Gasteiger partial charge in [-0.25, -0.2) is 0 Å². The number of carbonyl (C=O) groups is 1. The van der Waals surface area contributed by atoms with Gasteiger partial charge in [0.15, 0.2) is 5.78 Å². The number of allylic oxidation sites excluding steroid dienone is 2. The van der Waals surface area contributed by atoms with E-state index in [0.29, 0.717) is 6.42 Å². The van der Waals surface area contributed by atoms with Crippen LogP contribution in [0.15, 0.2) is 24.8 Å². The summed E-state index contributed by atoms with van der Waals surface area (Å²) < 4.78 is 6.21. The van der Waals surface area contributed by atoms with E-state index in [1.165, 1.54) is 17.2 Å². The van der Waals surface area contributed by atoms with E-state index in [9.17, 15) is 10.0 Å². The van der Waals surface area contributed by atoms with Gasteiger partial charge in [-0.2, -0.15) is 5.06 Å². The Labute approximate surface area is 166 Å². The van der Waals surface area contributed by atoms with Crippen LogP contribution in [0.1, 0.15) is 80.1 Å². The fourth-order valence-corrected chi connectivity index (χ4v) is 3.67. The summed E-state index contributed by atoms with van der Waals surface area (Å²) >= 11 is 0. The third-order valence-corrected chi connectivity index (χ3v) is 4.72. The first kappa shape index (κ1) is 26.0. The van der Waals surface area contributed by atoms with Gasteiger partial charge in [-0.05, 0) is 73.3 Å². The van der Waals surface area contributed by atoms with Gasteiger partial charge >= 0.3 is 0 Å². The van der Waals surface area contributed by atoms with Crippen LogP contribution in [0, 0.1) is 0 Å². The standard InChI is InChI=1S/C19H35NO4.C3H6/c1-15(9-6-7-10-16(22)11-8-12-21)24-17-13-18(2,3)20(23)19(4,5)14-17;1-3-2/h8,11,15,17,21,23H,6-7,9-10,12-14H2,1-5H3;3H,1H2,2H3/b11-8+;. The Hall–Kier alpha value is -1.01. The molecule has 0 aromatic heterocycles. The van der Waals surface area contributed by atoms with E-state index in [1.807, 2.05) is 34.6 Å². The Morgan fingerprint density at radius 2 is 1.78 bits per heavy atom. The molecule has 0 saturated carbocycles. The van der Waals surface area contributed by atoms with Crippen molar-refractivity contribution in [1.82, 2.24) is 5.06 Å². The van der Waals surface area contributed by atoms with Crippen molar-refractivity contribution in [2.45, 2.75) is 103 Å². The molecule has 5 heteroatoms. The van der Waals surface area contributed by atoms with Crippen molar-refractivity contribution in [2.24, 2.45) is 0 Å². The van der Waals surface area contributed by atoms with Crippen molar-refractivity contribution in [3.05, 3.63) is 24.8 Å². The zero-order chi connectivity index (χ0) is 21.1. The molecular weight excluding hydrogens is 342 g/mol. The molecule has 1 aliphatic heterocycles. The second-order valence-corrected chi connectivity index (χ2v) is 8.62. The maximum atomic E-state index is 11.5. The number of aliphatic hydroxyl groups excluding tert-OH is 1. The average molecular weight is 384 g/mol. The van der Waals surface area contributed by atoms with Crippen LogP contribution in [0.5, 0.6) is 0 Å². The summed E-state index contributed by atoms with van der Waals surface area (Å²) in [5, 5.41) is 20.4. The molecule has 27 heavy (non-hydrogen) atoms. The van der Waals surface area contributed by atoms with Crippen molar-refractivity contribution in [3.63, 3.8) is 0 Å². The van der Waals surface area contributed by atoms with Gasteiger partial charge in [0.05, 0.1) is 18.8 Å². The summed E-state index contributed by atoms with van der Waals surface area (Å²) in [4.78, 5) is 11.5. The average Bonchev–Trinajstić information content (AvgIpc) is 2.55. The van der Waals surface area contributed by atoms with E-state index in [2.05, 4.69) is 13.5 Å². The lowest BCUT2D eigenvalue weighted by molar-refractivity contribution is -0.264. The van der Waals surface area contributed by atoms with Crippen molar-refractivity contribution in [1.29, 1.82) is 0 Å². The minimum atomic E-state index is -0.294. The molecule has 0 amide bonds. The zero-order valence-corrected chi connectivity index (χ0v) is 18.2. The van der Waals surface area contributed by atoms with Crippen LogP contribution < -0.4 is 0 Å². The highest BCUT2D eigenvalue weighted by atomic mass is 16.5. The number of aliphatic hydroxyl groups is 1. The largest absolute Gasteiger partial charge is 0.392 e. The highest BCUT2D eigenvalue weighted by molar-refractivity contribution is 5.89. The third kappa shape index (κ3) is 10.2. The van der Waals surface area contributed by atoms with E-state index < -0.39 is 0 Å². The fraction of sp³-hybridized carbons (Fsp3) is 0.773. The lowest BCUT2D eigenvalue weighted by Crippen LogP contribution is -2.60. The molecule has 1 fully saturated rings. The van der Waals surface area contributed by atoms with Gasteiger partial charge in [0.1, 0.15) is 0 Å². The van der Waals surface area contributed by atoms with Gasteiger partial charge in [-0.15, -0.1) is 6.58 Å². The van der Waals surface area contributed by atoms with Crippen LogP contribution in [0.4, 0.5) is 0 Å². The first-order chi connectivity index (χ1) is 12.5. The van der Waals surface area contributed by atoms with Gasteiger partial charge in [0.2, 0.25) is 0 Å². The molecule has 0 aromatic carbocycles. The molecule has 0 radical (unpaired) electrons. The van der Waals surface area contributed by atoms with Crippen molar-refractivity contribution < 1.29 is 19.8 Å². The summed E-state index contributed by atoms with van der Waals surface area (Å²) in [6, 6.07) is 0. The molecule has 5 nitrogen and oxygen atoms in total. The molecule has 158 valence electrons. The van der Waals surface area contributed by atoms with Crippen molar-refractivity contribution in [3.8, 4) is 0 Å². The number of carbonyl (C=O) groups excluding carboxylic acids is 1. The first-order valence-electron chi connectivity index (χ1n) is 10.0. The smallest absolute Gasteiger partial charge is 0.155 e. The molecular formula is C22H41NO4. The first-order valence-corrected chi connectivity index (χ1v) is 10.0. The van der Waals surface area contributed by atoms with Gasteiger partial charge in [0.25, 0.3) is 0 Å². The number of unbranched alkanes of at least 4 members (excludes halogenated alkanes) is 1. The molecule has 1 heterocycles. The zero-order valence-electron chi connectivity index (χ0n) is 18.2. The second-order valence-electron chi connectivity index (χ2n) is 8.62. The van der Waals surface area contributed by atoms with Crippen LogP contribution in [0.2, 0.25) is 0 Å². The minimum absolute atomic E-state index is 0.0661. The molecule has 1 unspecified atom stereocenters. The molecule has 0 bridgehead atoms.